The molecule has 0 aliphatic rings. The molecule has 0 aliphatic heterocycles. The summed E-state index contributed by atoms with van der Waals surface area (Å²) in [5.41, 5.74) is 5.33. The van der Waals surface area contributed by atoms with E-state index in [-0.39, 0.29) is 23.7 Å². The maximum absolute atomic E-state index is 11.8. The van der Waals surface area contributed by atoms with E-state index in [1.165, 1.54) is 11.3 Å². The van der Waals surface area contributed by atoms with Crippen LogP contribution in [0.15, 0.2) is 11.6 Å². The summed E-state index contributed by atoms with van der Waals surface area (Å²) in [6.45, 7) is 1.97. The Bertz CT molecular complexity index is 493. The van der Waals surface area contributed by atoms with Gasteiger partial charge >= 0.3 is 0 Å². The first-order valence-electron chi connectivity index (χ1n) is 5.08. The molecule has 2 rings (SSSR count). The van der Waals surface area contributed by atoms with Gasteiger partial charge in [-0.15, -0.1) is 16.4 Å². The molecule has 0 aromatic carbocycles. The number of nitrogens with zero attached hydrogens (tertiary/aromatic N) is 3. The van der Waals surface area contributed by atoms with E-state index in [2.05, 4.69) is 25.5 Å². The van der Waals surface area contributed by atoms with Crippen molar-refractivity contribution in [2.45, 2.75) is 19.4 Å². The van der Waals surface area contributed by atoms with Crippen molar-refractivity contribution in [3.05, 3.63) is 22.4 Å². The molecule has 0 saturated carbocycles. The van der Waals surface area contributed by atoms with E-state index in [0.29, 0.717) is 0 Å². The summed E-state index contributed by atoms with van der Waals surface area (Å²) in [5.74, 6) is -0.175. The average Bonchev–Trinajstić information content (AvgIpc) is 2.96. The summed E-state index contributed by atoms with van der Waals surface area (Å²) in [5, 5.41) is 11.6. The van der Waals surface area contributed by atoms with Crippen LogP contribution >= 0.6 is 11.3 Å². The van der Waals surface area contributed by atoms with Crippen LogP contribution < -0.4 is 11.1 Å². The van der Waals surface area contributed by atoms with Gasteiger partial charge in [0.05, 0.1) is 6.04 Å². The molecule has 1 atom stereocenters. The lowest BCUT2D eigenvalue weighted by Crippen LogP contribution is -2.29. The van der Waals surface area contributed by atoms with E-state index in [0.717, 1.165) is 11.4 Å². The Balaban J connectivity index is 2.07. The molecule has 2 heterocycles. The number of thiazole rings is 1. The summed E-state index contributed by atoms with van der Waals surface area (Å²) in [6, 6.07) is -0.117. The second-order valence-electron chi connectivity index (χ2n) is 3.35. The number of H-pyrrole nitrogens is 1. The third-order valence-corrected chi connectivity index (χ3v) is 3.07. The van der Waals surface area contributed by atoms with Gasteiger partial charge in [-0.2, -0.15) is 4.98 Å². The van der Waals surface area contributed by atoms with Crippen LogP contribution in [0.4, 0.5) is 5.95 Å². The van der Waals surface area contributed by atoms with Crippen LogP contribution in [0, 0.1) is 0 Å². The zero-order chi connectivity index (χ0) is 12.3. The van der Waals surface area contributed by atoms with Gasteiger partial charge in [0.1, 0.15) is 5.01 Å². The molecule has 17 heavy (non-hydrogen) atoms. The molecule has 0 bridgehead atoms. The third-order valence-electron chi connectivity index (χ3n) is 2.18. The molecular weight excluding hydrogens is 240 g/mol. The van der Waals surface area contributed by atoms with Crippen molar-refractivity contribution in [3.63, 3.8) is 0 Å². The van der Waals surface area contributed by atoms with Crippen molar-refractivity contribution in [3.8, 4) is 0 Å². The highest BCUT2D eigenvalue weighted by atomic mass is 32.1. The van der Waals surface area contributed by atoms with Crippen molar-refractivity contribution in [2.75, 3.05) is 5.73 Å². The summed E-state index contributed by atoms with van der Waals surface area (Å²) in [7, 11) is 0. The van der Waals surface area contributed by atoms with Gasteiger partial charge in [0.15, 0.2) is 0 Å². The molecule has 4 N–H and O–H groups in total. The Hall–Kier alpha value is -1.96. The first-order valence-corrected chi connectivity index (χ1v) is 5.96. The Morgan fingerprint density at radius 1 is 1.71 bits per heavy atom. The quantitative estimate of drug-likeness (QED) is 0.743. The zero-order valence-corrected chi connectivity index (χ0v) is 9.99. The lowest BCUT2D eigenvalue weighted by atomic mass is 10.2. The van der Waals surface area contributed by atoms with Crippen LogP contribution in [0.3, 0.4) is 0 Å². The van der Waals surface area contributed by atoms with Crippen molar-refractivity contribution in [1.82, 2.24) is 25.5 Å². The Morgan fingerprint density at radius 2 is 2.53 bits per heavy atom. The van der Waals surface area contributed by atoms with Gasteiger partial charge in [-0.05, 0) is 6.42 Å². The lowest BCUT2D eigenvalue weighted by Gasteiger charge is -2.12. The Morgan fingerprint density at radius 3 is 3.06 bits per heavy atom. The van der Waals surface area contributed by atoms with Gasteiger partial charge in [-0.1, -0.05) is 6.92 Å². The number of aromatic amines is 1. The number of nitrogens with two attached hydrogens (primary N) is 1. The molecule has 1 unspecified atom stereocenters. The first-order chi connectivity index (χ1) is 8.20. The molecule has 1 amide bonds. The highest BCUT2D eigenvalue weighted by Gasteiger charge is 2.18. The fourth-order valence-corrected chi connectivity index (χ4v) is 2.12. The second kappa shape index (κ2) is 4.91. The number of hydrogen-bond donors (Lipinski definition) is 3. The highest BCUT2D eigenvalue weighted by molar-refractivity contribution is 7.09. The molecule has 0 spiro atoms. The molecule has 2 aromatic rings. The molecule has 0 fully saturated rings. The standard InChI is InChI=1S/C9H12N6OS/c1-2-5(8-11-3-4-17-8)12-7(16)6-13-9(10)15-14-6/h3-5H,2H2,1H3,(H,12,16)(H3,10,13,14,15). The van der Waals surface area contributed by atoms with Crippen LogP contribution in [0.25, 0.3) is 0 Å². The minimum atomic E-state index is -0.337. The van der Waals surface area contributed by atoms with Gasteiger partial charge in [-0.3, -0.25) is 9.89 Å². The summed E-state index contributed by atoms with van der Waals surface area (Å²) < 4.78 is 0. The van der Waals surface area contributed by atoms with Crippen molar-refractivity contribution in [1.29, 1.82) is 0 Å². The Labute approximate surface area is 101 Å². The van der Waals surface area contributed by atoms with Gasteiger partial charge in [0, 0.05) is 11.6 Å². The van der Waals surface area contributed by atoms with Crippen LogP contribution in [-0.4, -0.2) is 26.1 Å². The fraction of sp³-hybridized carbons (Fsp3) is 0.333. The van der Waals surface area contributed by atoms with E-state index in [4.69, 9.17) is 5.73 Å². The number of carbonyl (C=O) groups is 1. The number of aromatic nitrogens is 4. The molecule has 0 radical (unpaired) electrons. The average molecular weight is 252 g/mol. The molecule has 0 saturated heterocycles. The lowest BCUT2D eigenvalue weighted by molar-refractivity contribution is 0.0925. The minimum absolute atomic E-state index is 0.0532. The fourth-order valence-electron chi connectivity index (χ4n) is 1.35. The predicted octanol–water partition coefficient (Wildman–Crippen LogP) is 0.724. The van der Waals surface area contributed by atoms with E-state index >= 15 is 0 Å². The normalized spacial score (nSPS) is 12.3. The van der Waals surface area contributed by atoms with Crippen molar-refractivity contribution >= 4 is 23.2 Å². The van der Waals surface area contributed by atoms with Crippen LogP contribution in [-0.2, 0) is 0 Å². The number of anilines is 1. The first kappa shape index (κ1) is 11.5. The molecule has 7 nitrogen and oxygen atoms in total. The van der Waals surface area contributed by atoms with Gasteiger partial charge in [0.2, 0.25) is 11.8 Å². The smallest absolute Gasteiger partial charge is 0.289 e. The van der Waals surface area contributed by atoms with Crippen LogP contribution in [0.2, 0.25) is 0 Å². The largest absolute Gasteiger partial charge is 0.366 e. The number of hydrogen-bond acceptors (Lipinski definition) is 6. The van der Waals surface area contributed by atoms with Crippen molar-refractivity contribution < 1.29 is 4.79 Å². The van der Waals surface area contributed by atoms with E-state index < -0.39 is 0 Å². The number of amides is 1. The summed E-state index contributed by atoms with van der Waals surface area (Å²) >= 11 is 1.50. The molecule has 8 heteroatoms. The van der Waals surface area contributed by atoms with Gasteiger partial charge in [0.25, 0.3) is 5.91 Å². The highest BCUT2D eigenvalue weighted by Crippen LogP contribution is 2.18. The topological polar surface area (TPSA) is 110 Å². The molecule has 0 aliphatic carbocycles. The number of rotatable bonds is 4. The van der Waals surface area contributed by atoms with E-state index in [1.54, 1.807) is 6.20 Å². The van der Waals surface area contributed by atoms with E-state index in [9.17, 15) is 4.79 Å². The van der Waals surface area contributed by atoms with Gasteiger partial charge in [-0.25, -0.2) is 4.98 Å². The van der Waals surface area contributed by atoms with Crippen LogP contribution in [0.1, 0.15) is 35.0 Å². The number of nitrogen functional groups attached to an aromatic ring is 1. The monoisotopic (exact) mass is 252 g/mol. The molecule has 90 valence electrons. The predicted molar refractivity (Wildman–Crippen MR) is 63.4 cm³/mol. The minimum Gasteiger partial charge on any atom is -0.366 e. The van der Waals surface area contributed by atoms with Crippen molar-refractivity contribution in [2.24, 2.45) is 0 Å². The molecule has 2 aromatic heterocycles. The maximum Gasteiger partial charge on any atom is 0.289 e. The van der Waals surface area contributed by atoms with Crippen LogP contribution in [0.5, 0.6) is 0 Å². The summed E-state index contributed by atoms with van der Waals surface area (Å²) in [6.07, 6.45) is 2.46. The zero-order valence-electron chi connectivity index (χ0n) is 9.17. The number of nitrogens with one attached hydrogen (secondary N) is 2. The molecular formula is C9H12N6OS. The maximum atomic E-state index is 11.8. The third kappa shape index (κ3) is 2.59. The Kier molecular flexibility index (Phi) is 3.33. The SMILES string of the molecule is CCC(NC(=O)c1nc(N)n[nH]1)c1nccs1. The second-order valence-corrected chi connectivity index (χ2v) is 4.27. The van der Waals surface area contributed by atoms with Gasteiger partial charge < -0.3 is 11.1 Å². The van der Waals surface area contributed by atoms with E-state index in [1.807, 2.05) is 12.3 Å². The number of carbonyl (C=O) groups excluding carboxylic acids is 1. The summed E-state index contributed by atoms with van der Waals surface area (Å²) in [4.78, 5) is 19.7.